The highest BCUT2D eigenvalue weighted by molar-refractivity contribution is 7.92. The molecule has 4 heterocycles. The third-order valence-corrected chi connectivity index (χ3v) is 13.4. The molecule has 59 heavy (non-hydrogen) atoms. The van der Waals surface area contributed by atoms with Crippen molar-refractivity contribution in [3.05, 3.63) is 72.3 Å². The highest BCUT2D eigenvalue weighted by Crippen LogP contribution is 2.34. The van der Waals surface area contributed by atoms with E-state index >= 15 is 0 Å². The van der Waals surface area contributed by atoms with Crippen LogP contribution < -0.4 is 14.9 Å². The van der Waals surface area contributed by atoms with Gasteiger partial charge in [0.2, 0.25) is 5.91 Å². The number of nitrogens with zero attached hydrogens (tertiary/aromatic N) is 5. The average Bonchev–Trinajstić information content (AvgIpc) is 3.79. The summed E-state index contributed by atoms with van der Waals surface area (Å²) in [4.78, 5) is 21.2. The fourth-order valence-corrected chi connectivity index (χ4v) is 8.84. The zero-order chi connectivity index (χ0) is 42.5. The molecule has 5 aromatic rings. The molecule has 0 saturated carbocycles. The summed E-state index contributed by atoms with van der Waals surface area (Å²) in [6, 6.07) is 18.0. The summed E-state index contributed by atoms with van der Waals surface area (Å²) in [7, 11) is 3.05. The van der Waals surface area contributed by atoms with Crippen LogP contribution in [0.25, 0.3) is 22.1 Å². The number of aromatic nitrogens is 4. The maximum Gasteiger partial charge on any atom is 0.264 e. The number of methoxy groups -OCH3 is 2. The number of sulfonamides is 1. The zero-order valence-electron chi connectivity index (χ0n) is 36.0. The second kappa shape index (κ2) is 18.4. The first kappa shape index (κ1) is 44.0. The lowest BCUT2D eigenvalue weighted by Crippen LogP contribution is -2.28. The van der Waals surface area contributed by atoms with Crippen molar-refractivity contribution < 1.29 is 32.2 Å². The molecule has 0 unspecified atom stereocenters. The van der Waals surface area contributed by atoms with E-state index in [0.29, 0.717) is 28.7 Å². The molecule has 14 nitrogen and oxygen atoms in total. The second-order valence-electron chi connectivity index (χ2n) is 16.4. The van der Waals surface area contributed by atoms with E-state index in [1.54, 1.807) is 38.5 Å². The Hall–Kier alpha value is -4.54. The molecule has 2 saturated heterocycles. The molecule has 1 amide bonds. The molecule has 0 radical (unpaired) electrons. The monoisotopic (exact) mass is 831 g/mol. The topological polar surface area (TPSA) is 151 Å². The number of carbonyl (C=O) groups excluding carboxylic acids is 1. The maximum atomic E-state index is 13.3. The molecular formula is C44H61N7O7S. The molecule has 0 bridgehead atoms. The summed E-state index contributed by atoms with van der Waals surface area (Å²) in [6.45, 7) is 14.6. The third-order valence-electron chi connectivity index (χ3n) is 11.6. The lowest BCUT2D eigenvalue weighted by atomic mass is 9.99. The first-order chi connectivity index (χ1) is 28.1. The van der Waals surface area contributed by atoms with Gasteiger partial charge >= 0.3 is 0 Å². The number of nitrogens with one attached hydrogen (secondary N) is 2. The largest absolute Gasteiger partial charge is 0.388 e. The number of hydrogen-bond donors (Lipinski definition) is 2. The third kappa shape index (κ3) is 9.92. The van der Waals surface area contributed by atoms with Crippen LogP contribution in [0, 0.1) is 11.8 Å². The van der Waals surface area contributed by atoms with E-state index in [9.17, 15) is 13.2 Å². The first-order valence-corrected chi connectivity index (χ1v) is 21.8. The molecule has 2 aromatic heterocycles. The molecular weight excluding hydrogens is 771 g/mol. The molecule has 2 N–H and O–H groups in total. The van der Waals surface area contributed by atoms with Gasteiger partial charge in [0.1, 0.15) is 22.9 Å². The van der Waals surface area contributed by atoms with E-state index < -0.39 is 21.2 Å². The van der Waals surface area contributed by atoms with Crippen molar-refractivity contribution in [2.24, 2.45) is 11.8 Å². The van der Waals surface area contributed by atoms with Crippen molar-refractivity contribution in [3.8, 4) is 0 Å². The van der Waals surface area contributed by atoms with Gasteiger partial charge in [-0.15, -0.1) is 0 Å². The number of carbonyl (C=O) groups is 1. The Labute approximate surface area is 348 Å². The summed E-state index contributed by atoms with van der Waals surface area (Å²) in [5.74, 6) is 2.70. The predicted octanol–water partition coefficient (Wildman–Crippen LogP) is 7.51. The van der Waals surface area contributed by atoms with Crippen molar-refractivity contribution in [3.63, 3.8) is 0 Å². The molecule has 320 valence electrons. The first-order valence-electron chi connectivity index (χ1n) is 20.4. The van der Waals surface area contributed by atoms with Crippen LogP contribution >= 0.6 is 0 Å². The summed E-state index contributed by atoms with van der Waals surface area (Å²) < 4.78 is 54.9. The lowest BCUT2D eigenvalue weighted by molar-refractivity contribution is -0.114. The quantitative estimate of drug-likeness (QED) is 0.122. The zero-order valence-corrected chi connectivity index (χ0v) is 36.8. The standard InChI is InChI=1S/C26H34N4O5S.C18H27N3O2/c1-18(31)27-20-6-9-22(10-7-20)36(32,33)29(4)21-8-11-24-23(16-21)28-25(26(2,3)34-5)30(24)17-19-12-14-35-15-13-19;1-18(2,22-4)17-20-15-11-14(19-3)5-6-16(15)21(17)12-13-7-9-23-10-8-13/h6-11,16,19H,12-15,17H2,1-5H3,(H,27,31);5-6,11,13,19H,7-10,12H2,1-4H3. The molecule has 15 heteroatoms. The minimum Gasteiger partial charge on any atom is -0.388 e. The van der Waals surface area contributed by atoms with E-state index in [0.717, 1.165) is 93.6 Å². The van der Waals surface area contributed by atoms with Crippen molar-refractivity contribution in [1.29, 1.82) is 0 Å². The molecule has 7 rings (SSSR count). The second-order valence-corrected chi connectivity index (χ2v) is 18.4. The fourth-order valence-electron chi connectivity index (χ4n) is 7.66. The summed E-state index contributed by atoms with van der Waals surface area (Å²) >= 11 is 0. The summed E-state index contributed by atoms with van der Waals surface area (Å²) in [5.41, 5.74) is 4.94. The smallest absolute Gasteiger partial charge is 0.264 e. The molecule has 0 spiro atoms. The lowest BCUT2D eigenvalue weighted by Gasteiger charge is -2.27. The Bertz CT molecular complexity index is 2320. The number of fused-ring (bicyclic) bond motifs is 2. The van der Waals surface area contributed by atoms with Crippen LogP contribution in [-0.2, 0) is 58.1 Å². The van der Waals surface area contributed by atoms with Gasteiger partial charge in [0.05, 0.1) is 32.6 Å². The number of hydrogen-bond acceptors (Lipinski definition) is 10. The Morgan fingerprint density at radius 2 is 1.22 bits per heavy atom. The number of imidazole rings is 2. The van der Waals surface area contributed by atoms with Gasteiger partial charge < -0.3 is 38.7 Å². The Morgan fingerprint density at radius 1 is 0.763 bits per heavy atom. The number of rotatable bonds is 13. The minimum absolute atomic E-state index is 0.130. The van der Waals surface area contributed by atoms with Crippen LogP contribution in [0.15, 0.2) is 65.6 Å². The van der Waals surface area contributed by atoms with Gasteiger partial charge in [-0.05, 0) is 126 Å². The van der Waals surface area contributed by atoms with Crippen LogP contribution in [0.1, 0.15) is 72.0 Å². The molecule has 2 fully saturated rings. The van der Waals surface area contributed by atoms with Crippen LogP contribution in [0.5, 0.6) is 0 Å². The van der Waals surface area contributed by atoms with Gasteiger partial charge in [-0.3, -0.25) is 9.10 Å². The van der Waals surface area contributed by atoms with Crippen LogP contribution in [0.2, 0.25) is 0 Å². The molecule has 2 aliphatic heterocycles. The normalized spacial score (nSPS) is 15.9. The van der Waals surface area contributed by atoms with Gasteiger partial charge in [-0.25, -0.2) is 18.4 Å². The molecule has 2 aliphatic rings. The van der Waals surface area contributed by atoms with Gasteiger partial charge in [0.15, 0.2) is 0 Å². The van der Waals surface area contributed by atoms with E-state index in [1.165, 1.54) is 35.9 Å². The number of amides is 1. The molecule has 0 atom stereocenters. The molecule has 0 aliphatic carbocycles. The summed E-state index contributed by atoms with van der Waals surface area (Å²) in [5, 5.41) is 5.83. The van der Waals surface area contributed by atoms with Crippen molar-refractivity contribution in [2.45, 2.75) is 89.5 Å². The van der Waals surface area contributed by atoms with Crippen LogP contribution in [0.4, 0.5) is 17.1 Å². The highest BCUT2D eigenvalue weighted by Gasteiger charge is 2.31. The van der Waals surface area contributed by atoms with Crippen molar-refractivity contribution in [2.75, 3.05) is 69.7 Å². The van der Waals surface area contributed by atoms with Gasteiger partial charge in [-0.2, -0.15) is 0 Å². The van der Waals surface area contributed by atoms with E-state index in [4.69, 9.17) is 28.9 Å². The van der Waals surface area contributed by atoms with E-state index in [-0.39, 0.29) is 10.8 Å². The van der Waals surface area contributed by atoms with Gasteiger partial charge in [-0.1, -0.05) is 0 Å². The van der Waals surface area contributed by atoms with Crippen LogP contribution in [0.3, 0.4) is 0 Å². The average molecular weight is 832 g/mol. The Morgan fingerprint density at radius 3 is 1.68 bits per heavy atom. The van der Waals surface area contributed by atoms with E-state index in [2.05, 4.69) is 51.8 Å². The van der Waals surface area contributed by atoms with E-state index in [1.807, 2.05) is 27.0 Å². The Kier molecular flexibility index (Phi) is 13.7. The summed E-state index contributed by atoms with van der Waals surface area (Å²) in [6.07, 6.45) is 4.21. The number of benzene rings is 3. The van der Waals surface area contributed by atoms with Gasteiger partial charge in [0.25, 0.3) is 10.0 Å². The number of anilines is 3. The number of ether oxygens (including phenoxy) is 4. The Balaban J connectivity index is 0.000000219. The SMILES string of the molecule is CNc1ccc2c(c1)nc(C(C)(C)OC)n2CC1CCOCC1.COC(C)(C)c1nc2cc(N(C)S(=O)(=O)c3ccc(NC(C)=O)cc3)ccc2n1CC1CCOCC1. The highest BCUT2D eigenvalue weighted by atomic mass is 32.2. The van der Waals surface area contributed by atoms with Crippen LogP contribution in [-0.4, -0.2) is 88.2 Å². The fraction of sp³-hybridized carbons (Fsp3) is 0.523. The predicted molar refractivity (Wildman–Crippen MR) is 233 cm³/mol. The van der Waals surface area contributed by atoms with Gasteiger partial charge in [0, 0.05) is 86.1 Å². The van der Waals surface area contributed by atoms with Crippen molar-refractivity contribution >= 4 is 55.1 Å². The molecule has 3 aromatic carbocycles. The van der Waals surface area contributed by atoms with Crippen molar-refractivity contribution in [1.82, 2.24) is 19.1 Å². The minimum atomic E-state index is -3.82. The maximum absolute atomic E-state index is 13.3.